The fraction of sp³-hybridized carbons (Fsp3) is 0.746. The van der Waals surface area contributed by atoms with Gasteiger partial charge in [0.2, 0.25) is 5.91 Å². The van der Waals surface area contributed by atoms with Crippen molar-refractivity contribution in [2.75, 3.05) is 13.2 Å². The number of rotatable bonds is 56. The fourth-order valence-electron chi connectivity index (χ4n) is 9.94. The maximum Gasteiger partial charge on any atom is 0.306 e. The highest BCUT2D eigenvalue weighted by atomic mass is 16.7. The number of aliphatic hydroxyl groups excluding tert-OH is 5. The molecule has 0 aromatic rings. The Morgan fingerprint density at radius 2 is 0.878 bits per heavy atom. The first-order chi connectivity index (χ1) is 40.2. The normalized spacial score (nSPS) is 19.2. The molecule has 1 fully saturated rings. The summed E-state index contributed by atoms with van der Waals surface area (Å²) in [6.45, 7) is 5.65. The van der Waals surface area contributed by atoms with E-state index in [2.05, 4.69) is 111 Å². The van der Waals surface area contributed by atoms with E-state index in [4.69, 9.17) is 14.2 Å². The second-order valence-electron chi connectivity index (χ2n) is 22.8. The Hall–Kier alpha value is -3.42. The molecule has 1 amide bonds. The fourth-order valence-corrected chi connectivity index (χ4v) is 9.94. The van der Waals surface area contributed by atoms with Crippen LogP contribution >= 0.6 is 0 Å². The molecule has 0 bridgehead atoms. The van der Waals surface area contributed by atoms with Gasteiger partial charge in [0.1, 0.15) is 24.4 Å². The molecule has 0 radical (unpaired) electrons. The van der Waals surface area contributed by atoms with E-state index in [1.807, 2.05) is 6.08 Å². The monoisotopic (exact) mass is 1150 g/mol. The van der Waals surface area contributed by atoms with E-state index in [1.165, 1.54) is 109 Å². The van der Waals surface area contributed by atoms with Gasteiger partial charge < -0.3 is 45.1 Å². The van der Waals surface area contributed by atoms with Crippen LogP contribution in [0.5, 0.6) is 0 Å². The van der Waals surface area contributed by atoms with Crippen LogP contribution in [0.3, 0.4) is 0 Å². The van der Waals surface area contributed by atoms with Crippen molar-refractivity contribution in [3.8, 4) is 0 Å². The van der Waals surface area contributed by atoms with Gasteiger partial charge in [-0.15, -0.1) is 0 Å². The summed E-state index contributed by atoms with van der Waals surface area (Å²) in [5.74, 6) is -1.21. The molecule has 1 aliphatic heterocycles. The van der Waals surface area contributed by atoms with Crippen molar-refractivity contribution >= 4 is 11.9 Å². The van der Waals surface area contributed by atoms with Gasteiger partial charge in [0.25, 0.3) is 0 Å². The zero-order chi connectivity index (χ0) is 59.6. The van der Waals surface area contributed by atoms with Gasteiger partial charge in [0.05, 0.1) is 25.4 Å². The summed E-state index contributed by atoms with van der Waals surface area (Å²) in [4.78, 5) is 26.6. The summed E-state index contributed by atoms with van der Waals surface area (Å²) in [7, 11) is 0. The van der Waals surface area contributed by atoms with Crippen molar-refractivity contribution in [1.29, 1.82) is 0 Å². The van der Waals surface area contributed by atoms with E-state index in [9.17, 15) is 35.1 Å². The molecule has 1 rings (SSSR count). The number of esters is 1. The van der Waals surface area contributed by atoms with Gasteiger partial charge in [0, 0.05) is 6.42 Å². The van der Waals surface area contributed by atoms with E-state index in [0.717, 1.165) is 122 Å². The number of aliphatic hydroxyl groups is 5. The summed E-state index contributed by atoms with van der Waals surface area (Å²) in [5.41, 5.74) is 0. The van der Waals surface area contributed by atoms with Crippen LogP contribution in [0.1, 0.15) is 278 Å². The molecule has 1 heterocycles. The molecule has 8 atom stereocenters. The second kappa shape index (κ2) is 58.0. The number of carbonyl (C=O) groups is 2. The lowest BCUT2D eigenvalue weighted by Crippen LogP contribution is -2.61. The lowest BCUT2D eigenvalue weighted by atomic mass is 9.99. The molecule has 8 unspecified atom stereocenters. The third kappa shape index (κ3) is 45.0. The van der Waals surface area contributed by atoms with Crippen LogP contribution in [-0.2, 0) is 23.8 Å². The smallest absolute Gasteiger partial charge is 0.306 e. The van der Waals surface area contributed by atoms with Gasteiger partial charge in [-0.25, -0.2) is 0 Å². The first-order valence-electron chi connectivity index (χ1n) is 33.5. The molecule has 0 aliphatic carbocycles. The Kier molecular flexibility index (Phi) is 54.2. The van der Waals surface area contributed by atoms with Crippen molar-refractivity contribution in [1.82, 2.24) is 5.32 Å². The third-order valence-corrected chi connectivity index (χ3v) is 15.2. The third-order valence-electron chi connectivity index (χ3n) is 15.2. The summed E-state index contributed by atoms with van der Waals surface area (Å²) < 4.78 is 17.6. The Balaban J connectivity index is 2.63. The number of unbranched alkanes of at least 4 members (excludes halogenated alkanes) is 28. The molecule has 1 aliphatic rings. The Bertz CT molecular complexity index is 1700. The SMILES string of the molecule is CC/C=C\C/C=C\C/C=C\C/C=C\C/C=C\CCCCCCCCCCC(O)C(=O)NC(COC1OC(CO)C(O)C(O)C1OC(=O)CCCCCCCCC/C=C\C/C=C\CCCCC)C(O)/C=C/CCCCCCCCCCCC. The Morgan fingerprint density at radius 1 is 0.488 bits per heavy atom. The van der Waals surface area contributed by atoms with Gasteiger partial charge in [-0.05, 0) is 103 Å². The molecule has 472 valence electrons. The predicted octanol–water partition coefficient (Wildman–Crippen LogP) is 16.7. The summed E-state index contributed by atoms with van der Waals surface area (Å²) in [6, 6.07) is -1.03. The van der Waals surface area contributed by atoms with Crippen molar-refractivity contribution in [2.45, 2.75) is 327 Å². The predicted molar refractivity (Wildman–Crippen MR) is 342 cm³/mol. The number of carbonyl (C=O) groups excluding carboxylic acids is 2. The first-order valence-corrected chi connectivity index (χ1v) is 33.5. The van der Waals surface area contributed by atoms with Gasteiger partial charge in [-0.2, -0.15) is 0 Å². The van der Waals surface area contributed by atoms with Crippen molar-refractivity contribution in [3.63, 3.8) is 0 Å². The summed E-state index contributed by atoms with van der Waals surface area (Å²) >= 11 is 0. The number of ether oxygens (including phenoxy) is 3. The number of amides is 1. The second-order valence-corrected chi connectivity index (χ2v) is 22.8. The maximum absolute atomic E-state index is 13.5. The highest BCUT2D eigenvalue weighted by molar-refractivity contribution is 5.80. The summed E-state index contributed by atoms with van der Waals surface area (Å²) in [6.07, 6.45) is 67.2. The summed E-state index contributed by atoms with van der Waals surface area (Å²) in [5, 5.41) is 57.1. The zero-order valence-electron chi connectivity index (χ0n) is 52.3. The topological polar surface area (TPSA) is 175 Å². The van der Waals surface area contributed by atoms with Crippen LogP contribution in [0.15, 0.2) is 97.2 Å². The zero-order valence-corrected chi connectivity index (χ0v) is 52.3. The maximum atomic E-state index is 13.5. The molecule has 82 heavy (non-hydrogen) atoms. The van der Waals surface area contributed by atoms with E-state index in [-0.39, 0.29) is 19.4 Å². The van der Waals surface area contributed by atoms with Gasteiger partial charge in [-0.1, -0.05) is 266 Å². The molecule has 6 N–H and O–H groups in total. The van der Waals surface area contributed by atoms with Crippen LogP contribution < -0.4 is 5.32 Å². The minimum absolute atomic E-state index is 0.111. The highest BCUT2D eigenvalue weighted by Gasteiger charge is 2.47. The van der Waals surface area contributed by atoms with E-state index in [0.29, 0.717) is 12.8 Å². The molecule has 0 spiro atoms. The number of hydrogen-bond donors (Lipinski definition) is 6. The van der Waals surface area contributed by atoms with Crippen molar-refractivity contribution in [2.24, 2.45) is 0 Å². The molecular weight excluding hydrogens is 1030 g/mol. The van der Waals surface area contributed by atoms with E-state index < -0.39 is 67.4 Å². The standard InChI is InChI=1S/C71H123NO10/c1-4-7-10-13-16-19-22-25-27-29-30-31-32-33-34-35-37-38-40-43-46-49-52-55-58-64(75)70(79)72-62(63(74)57-54-51-48-45-42-24-21-18-15-12-9-6-3)61-80-71-69(68(78)67(77)65(60-73)81-71)82-66(76)59-56-53-50-47-44-41-39-36-28-26-23-20-17-14-11-8-5-2/h7,10,16-17,19-20,25-28,30-31,33-34,54,57,62-65,67-69,71,73-75,77-78H,4-6,8-9,11-15,18,21-24,29,32,35-53,55-56,58-61H2,1-3H3,(H,72,79)/b10-7-,19-16-,20-17-,27-25-,28-26-,31-30-,34-33-,57-54+. The van der Waals surface area contributed by atoms with E-state index >= 15 is 0 Å². The molecular formula is C71H123NO10. The number of nitrogens with one attached hydrogen (secondary N) is 1. The molecule has 1 saturated heterocycles. The average Bonchev–Trinajstić information content (AvgIpc) is 3.68. The molecule has 11 nitrogen and oxygen atoms in total. The lowest BCUT2D eigenvalue weighted by Gasteiger charge is -2.41. The number of hydrogen-bond acceptors (Lipinski definition) is 10. The van der Waals surface area contributed by atoms with Crippen LogP contribution in [0.2, 0.25) is 0 Å². The highest BCUT2D eigenvalue weighted by Crippen LogP contribution is 2.26. The average molecular weight is 1150 g/mol. The molecule has 0 saturated carbocycles. The van der Waals surface area contributed by atoms with Gasteiger partial charge in [-0.3, -0.25) is 9.59 Å². The van der Waals surface area contributed by atoms with Crippen molar-refractivity contribution < 1.29 is 49.3 Å². The van der Waals surface area contributed by atoms with Crippen molar-refractivity contribution in [3.05, 3.63) is 97.2 Å². The van der Waals surface area contributed by atoms with Gasteiger partial charge in [0.15, 0.2) is 12.4 Å². The van der Waals surface area contributed by atoms with Crippen LogP contribution in [0.4, 0.5) is 0 Å². The number of allylic oxidation sites excluding steroid dienone is 15. The Morgan fingerprint density at radius 3 is 1.34 bits per heavy atom. The van der Waals surface area contributed by atoms with Crippen LogP contribution in [0.25, 0.3) is 0 Å². The van der Waals surface area contributed by atoms with Crippen LogP contribution in [-0.4, -0.2) is 99.6 Å². The van der Waals surface area contributed by atoms with Crippen LogP contribution in [0, 0.1) is 0 Å². The van der Waals surface area contributed by atoms with Gasteiger partial charge >= 0.3 is 5.97 Å². The minimum Gasteiger partial charge on any atom is -0.454 e. The largest absolute Gasteiger partial charge is 0.454 e. The molecule has 0 aromatic heterocycles. The van der Waals surface area contributed by atoms with E-state index in [1.54, 1.807) is 6.08 Å². The lowest BCUT2D eigenvalue weighted by molar-refractivity contribution is -0.305. The molecule has 11 heteroatoms. The first kappa shape index (κ1) is 76.6. The Labute approximate surface area is 501 Å². The quantitative estimate of drug-likeness (QED) is 0.0195. The minimum atomic E-state index is -1.62. The molecule has 0 aromatic carbocycles.